The van der Waals surface area contributed by atoms with Gasteiger partial charge >= 0.3 is 0 Å². The lowest BCUT2D eigenvalue weighted by Gasteiger charge is -2.18. The van der Waals surface area contributed by atoms with Crippen LogP contribution in [0, 0.1) is 13.8 Å². The molecule has 0 bridgehead atoms. The maximum Gasteiger partial charge on any atom is 0.168 e. The van der Waals surface area contributed by atoms with Crippen LogP contribution in [0.4, 0.5) is 0 Å². The molecule has 0 saturated carbocycles. The first kappa shape index (κ1) is 27.2. The van der Waals surface area contributed by atoms with Crippen LogP contribution in [-0.2, 0) is 0 Å². The van der Waals surface area contributed by atoms with Crippen molar-refractivity contribution in [1.82, 2.24) is 9.80 Å². The number of aliphatic hydroxyl groups excluding tert-OH is 2. The summed E-state index contributed by atoms with van der Waals surface area (Å²) >= 11 is 6.86. The largest absolute Gasteiger partial charge is 0.391 e. The summed E-state index contributed by atoms with van der Waals surface area (Å²) in [6.45, 7) is 9.72. The van der Waals surface area contributed by atoms with Crippen molar-refractivity contribution in [3.8, 4) is 0 Å². The summed E-state index contributed by atoms with van der Waals surface area (Å²) < 4.78 is 2.61. The van der Waals surface area contributed by atoms with Crippen LogP contribution in [-0.4, -0.2) is 69.2 Å². The van der Waals surface area contributed by atoms with Crippen molar-refractivity contribution in [2.75, 3.05) is 32.8 Å². The van der Waals surface area contributed by atoms with Crippen LogP contribution in [0.1, 0.15) is 27.8 Å². The molecule has 0 saturated heterocycles. The minimum Gasteiger partial charge on any atom is -0.391 e. The summed E-state index contributed by atoms with van der Waals surface area (Å²) in [5.41, 5.74) is 4.73. The van der Waals surface area contributed by atoms with Gasteiger partial charge in [-0.15, -0.1) is 22.7 Å². The van der Waals surface area contributed by atoms with E-state index in [9.17, 15) is 10.2 Å². The SMILES string of the molecule is Cc1cc2c(C3=C(C(C)O)SC4=NCCN43)cccc2s1.Cc1cc2c(C3=C(CO)SC4=NCCN43)cccc2s1. The molecular formula is C31H30N4O2S4. The lowest BCUT2D eigenvalue weighted by molar-refractivity contribution is 0.240. The molecule has 10 heteroatoms. The van der Waals surface area contributed by atoms with Gasteiger partial charge in [-0.25, -0.2) is 0 Å². The number of benzene rings is 2. The Morgan fingerprint density at radius 2 is 1.34 bits per heavy atom. The molecule has 0 amide bonds. The predicted octanol–water partition coefficient (Wildman–Crippen LogP) is 6.97. The molecule has 4 aliphatic heterocycles. The highest BCUT2D eigenvalue weighted by atomic mass is 32.2. The number of thiophene rings is 2. The van der Waals surface area contributed by atoms with Crippen LogP contribution in [0.15, 0.2) is 68.3 Å². The normalized spacial score (nSPS) is 18.8. The molecule has 0 fully saturated rings. The molecule has 0 aliphatic carbocycles. The molecule has 2 N–H and O–H groups in total. The number of nitrogens with zero attached hydrogens (tertiary/aromatic N) is 4. The van der Waals surface area contributed by atoms with Gasteiger partial charge in [0.25, 0.3) is 0 Å². The van der Waals surface area contributed by atoms with E-state index in [-0.39, 0.29) is 6.61 Å². The van der Waals surface area contributed by atoms with E-state index >= 15 is 0 Å². The monoisotopic (exact) mass is 618 g/mol. The first-order chi connectivity index (χ1) is 19.9. The number of aliphatic imine (C=N–C) groups is 2. The molecule has 4 aromatic rings. The van der Waals surface area contributed by atoms with Gasteiger partial charge in [-0.3, -0.25) is 9.98 Å². The molecule has 2 aromatic carbocycles. The van der Waals surface area contributed by atoms with Crippen LogP contribution in [0.5, 0.6) is 0 Å². The van der Waals surface area contributed by atoms with Gasteiger partial charge in [-0.2, -0.15) is 0 Å². The molecule has 8 rings (SSSR count). The van der Waals surface area contributed by atoms with Crippen molar-refractivity contribution in [2.24, 2.45) is 9.98 Å². The Kier molecular flexibility index (Phi) is 7.25. The van der Waals surface area contributed by atoms with Crippen LogP contribution in [0.3, 0.4) is 0 Å². The number of amidine groups is 2. The van der Waals surface area contributed by atoms with Gasteiger partial charge in [-0.1, -0.05) is 47.8 Å². The molecule has 6 nitrogen and oxygen atoms in total. The fraction of sp³-hybridized carbons (Fsp3) is 0.290. The fourth-order valence-corrected chi connectivity index (χ4v) is 9.87. The number of aryl methyl sites for hydroxylation is 2. The smallest absolute Gasteiger partial charge is 0.168 e. The second-order valence-electron chi connectivity index (χ2n) is 10.3. The highest BCUT2D eigenvalue weighted by Gasteiger charge is 2.36. The molecule has 1 atom stereocenters. The molecule has 0 spiro atoms. The fourth-order valence-electron chi connectivity index (χ4n) is 5.78. The Balaban J connectivity index is 0.000000135. The van der Waals surface area contributed by atoms with Gasteiger partial charge in [0.1, 0.15) is 0 Å². The summed E-state index contributed by atoms with van der Waals surface area (Å²) in [6, 6.07) is 17.3. The average Bonchev–Trinajstić information content (AvgIpc) is 3.77. The summed E-state index contributed by atoms with van der Waals surface area (Å²) in [7, 11) is 0. The highest BCUT2D eigenvalue weighted by molar-refractivity contribution is 8.18. The minimum absolute atomic E-state index is 0.0784. The van der Waals surface area contributed by atoms with E-state index in [1.54, 1.807) is 23.5 Å². The third-order valence-electron chi connectivity index (χ3n) is 7.46. The quantitative estimate of drug-likeness (QED) is 0.258. The van der Waals surface area contributed by atoms with E-state index in [0.29, 0.717) is 0 Å². The molecule has 4 aliphatic rings. The topological polar surface area (TPSA) is 71.7 Å². The van der Waals surface area contributed by atoms with Gasteiger partial charge in [0, 0.05) is 64.0 Å². The summed E-state index contributed by atoms with van der Waals surface area (Å²) in [4.78, 5) is 18.2. The Hall–Kier alpha value is -2.60. The van der Waals surface area contributed by atoms with Crippen LogP contribution in [0.25, 0.3) is 31.6 Å². The van der Waals surface area contributed by atoms with E-state index in [2.05, 4.69) is 82.2 Å². The zero-order valence-corrected chi connectivity index (χ0v) is 26.3. The molecule has 1 unspecified atom stereocenters. The van der Waals surface area contributed by atoms with Crippen LogP contribution >= 0.6 is 46.2 Å². The Bertz CT molecular complexity index is 1810. The molecule has 41 heavy (non-hydrogen) atoms. The molecule has 6 heterocycles. The zero-order valence-electron chi connectivity index (χ0n) is 23.0. The Morgan fingerprint density at radius 1 is 0.805 bits per heavy atom. The first-order valence-corrected chi connectivity index (χ1v) is 16.9. The number of fused-ring (bicyclic) bond motifs is 4. The minimum atomic E-state index is -0.465. The van der Waals surface area contributed by atoms with E-state index in [0.717, 1.165) is 57.7 Å². The number of thioether (sulfide) groups is 2. The standard InChI is InChI=1S/C16H16N2OS2.C15H14N2OS2/c1-9-8-12-11(4-3-5-13(12)20-9)14-15(10(2)19)21-16-17-6-7-18(14)16;1-9-7-11-10(3-2-4-12(11)19-9)14-13(8-18)20-15-16-5-6-17(14)15/h3-5,8,10,19H,6-7H2,1-2H3;2-4,7,18H,5-6,8H2,1H3. The Labute approximate surface area is 255 Å². The lowest BCUT2D eigenvalue weighted by atomic mass is 10.0. The van der Waals surface area contributed by atoms with Crippen molar-refractivity contribution in [3.63, 3.8) is 0 Å². The lowest BCUT2D eigenvalue weighted by Crippen LogP contribution is -2.20. The molecule has 2 aromatic heterocycles. The van der Waals surface area contributed by atoms with E-state index in [1.165, 1.54) is 41.1 Å². The van der Waals surface area contributed by atoms with E-state index in [1.807, 2.05) is 29.6 Å². The van der Waals surface area contributed by atoms with Gasteiger partial charge in [0.2, 0.25) is 0 Å². The molecule has 210 valence electrons. The van der Waals surface area contributed by atoms with Gasteiger partial charge in [-0.05, 0) is 45.0 Å². The second kappa shape index (κ2) is 10.9. The maximum absolute atomic E-state index is 10.2. The van der Waals surface area contributed by atoms with E-state index in [4.69, 9.17) is 0 Å². The number of hydrogen-bond donors (Lipinski definition) is 2. The molecular weight excluding hydrogens is 589 g/mol. The highest BCUT2D eigenvalue weighted by Crippen LogP contribution is 2.46. The van der Waals surface area contributed by atoms with Crippen molar-refractivity contribution < 1.29 is 10.2 Å². The van der Waals surface area contributed by atoms with Crippen molar-refractivity contribution >= 4 is 88.1 Å². The number of hydrogen-bond acceptors (Lipinski definition) is 10. The average molecular weight is 619 g/mol. The third-order valence-corrected chi connectivity index (χ3v) is 11.9. The summed E-state index contributed by atoms with van der Waals surface area (Å²) in [5.74, 6) is 0. The summed E-state index contributed by atoms with van der Waals surface area (Å²) in [5, 5.41) is 24.5. The summed E-state index contributed by atoms with van der Waals surface area (Å²) in [6.07, 6.45) is -0.465. The predicted molar refractivity (Wildman–Crippen MR) is 179 cm³/mol. The number of aliphatic hydroxyl groups is 2. The third kappa shape index (κ3) is 4.74. The second-order valence-corrected chi connectivity index (χ2v) is 15.0. The van der Waals surface area contributed by atoms with Gasteiger partial charge < -0.3 is 20.0 Å². The van der Waals surface area contributed by atoms with Crippen LogP contribution < -0.4 is 0 Å². The Morgan fingerprint density at radius 3 is 1.90 bits per heavy atom. The number of rotatable bonds is 4. The van der Waals surface area contributed by atoms with Crippen molar-refractivity contribution in [3.05, 3.63) is 79.2 Å². The van der Waals surface area contributed by atoms with Gasteiger partial charge in [0.05, 0.1) is 37.2 Å². The van der Waals surface area contributed by atoms with Crippen molar-refractivity contribution in [2.45, 2.75) is 26.9 Å². The van der Waals surface area contributed by atoms with Crippen molar-refractivity contribution in [1.29, 1.82) is 0 Å². The first-order valence-electron chi connectivity index (χ1n) is 13.7. The zero-order chi connectivity index (χ0) is 28.2. The van der Waals surface area contributed by atoms with Gasteiger partial charge in [0.15, 0.2) is 10.3 Å². The maximum atomic E-state index is 10.2. The van der Waals surface area contributed by atoms with E-state index < -0.39 is 6.10 Å². The molecule has 0 radical (unpaired) electrons. The van der Waals surface area contributed by atoms with Crippen LogP contribution in [0.2, 0.25) is 0 Å².